The zero-order valence-electron chi connectivity index (χ0n) is 11.7. The van der Waals surface area contributed by atoms with Crippen LogP contribution in [0.15, 0.2) is 6.07 Å². The topological polar surface area (TPSA) is 46.5 Å². The van der Waals surface area contributed by atoms with Crippen LogP contribution in [-0.2, 0) is 23.1 Å². The summed E-state index contributed by atoms with van der Waals surface area (Å²) < 4.78 is 20.2. The second kappa shape index (κ2) is 4.76. The number of hydrogen-bond donors (Lipinski definition) is 1. The van der Waals surface area contributed by atoms with E-state index in [0.29, 0.717) is 5.56 Å². The molecule has 1 fully saturated rings. The number of fused-ring (bicyclic) bond motifs is 1. The molecule has 0 atom stereocenters. The highest BCUT2D eigenvalue weighted by atomic mass is 19.1. The summed E-state index contributed by atoms with van der Waals surface area (Å²) in [6, 6.07) is 1.75. The summed E-state index contributed by atoms with van der Waals surface area (Å²) >= 11 is 0. The predicted octanol–water partition coefficient (Wildman–Crippen LogP) is 3.22. The van der Waals surface area contributed by atoms with Crippen molar-refractivity contribution in [1.29, 1.82) is 0 Å². The lowest BCUT2D eigenvalue weighted by atomic mass is 9.83. The smallest absolute Gasteiger partial charge is 0.304 e. The third-order valence-electron chi connectivity index (χ3n) is 4.68. The minimum absolute atomic E-state index is 0.00581. The van der Waals surface area contributed by atoms with Crippen LogP contribution in [-0.4, -0.2) is 18.2 Å². The second-order valence-electron chi connectivity index (χ2n) is 5.96. The van der Waals surface area contributed by atoms with Gasteiger partial charge in [0, 0.05) is 11.0 Å². The van der Waals surface area contributed by atoms with Crippen LogP contribution in [0.3, 0.4) is 0 Å². The molecule has 3 nitrogen and oxygen atoms in total. The molecular weight excluding hydrogens is 259 g/mol. The van der Waals surface area contributed by atoms with Crippen LogP contribution in [0.2, 0.25) is 0 Å². The molecule has 0 unspecified atom stereocenters. The summed E-state index contributed by atoms with van der Waals surface area (Å²) in [6.45, 7) is 0. The van der Waals surface area contributed by atoms with Crippen LogP contribution in [0.25, 0.3) is 0 Å². The van der Waals surface area contributed by atoms with Crippen molar-refractivity contribution in [2.75, 3.05) is 7.11 Å². The minimum Gasteiger partial charge on any atom is -0.496 e. The summed E-state index contributed by atoms with van der Waals surface area (Å²) in [5, 5.41) is 9.05. The lowest BCUT2D eigenvalue weighted by molar-refractivity contribution is -0.137. The van der Waals surface area contributed by atoms with Gasteiger partial charge in [0.25, 0.3) is 0 Å². The maximum Gasteiger partial charge on any atom is 0.304 e. The molecule has 0 bridgehead atoms. The van der Waals surface area contributed by atoms with Gasteiger partial charge in [-0.2, -0.15) is 0 Å². The molecule has 0 amide bonds. The van der Waals surface area contributed by atoms with E-state index in [1.165, 1.54) is 0 Å². The summed E-state index contributed by atoms with van der Waals surface area (Å²) in [4.78, 5) is 11.0. The Morgan fingerprint density at radius 2 is 2.00 bits per heavy atom. The third-order valence-corrected chi connectivity index (χ3v) is 4.68. The number of benzene rings is 1. The van der Waals surface area contributed by atoms with Gasteiger partial charge in [-0.1, -0.05) is 0 Å². The Hall–Kier alpha value is -1.58. The summed E-state index contributed by atoms with van der Waals surface area (Å²) in [7, 11) is 1.60. The number of carboxylic acids is 1. The molecule has 0 aromatic heterocycles. The number of halogens is 1. The first-order chi connectivity index (χ1) is 9.57. The number of methoxy groups -OCH3 is 1. The van der Waals surface area contributed by atoms with Crippen molar-refractivity contribution in [1.82, 2.24) is 0 Å². The lowest BCUT2D eigenvalue weighted by Crippen LogP contribution is -2.18. The Morgan fingerprint density at radius 1 is 1.35 bits per heavy atom. The van der Waals surface area contributed by atoms with Gasteiger partial charge in [0.05, 0.1) is 13.5 Å². The summed E-state index contributed by atoms with van der Waals surface area (Å²) in [5.74, 6) is -0.314. The van der Waals surface area contributed by atoms with Crippen LogP contribution < -0.4 is 4.74 Å². The van der Waals surface area contributed by atoms with E-state index in [0.717, 1.165) is 55.4 Å². The van der Waals surface area contributed by atoms with Crippen molar-refractivity contribution in [2.24, 2.45) is 0 Å². The molecule has 4 heteroatoms. The highest BCUT2D eigenvalue weighted by molar-refractivity contribution is 5.70. The largest absolute Gasteiger partial charge is 0.496 e. The van der Waals surface area contributed by atoms with Crippen molar-refractivity contribution in [3.8, 4) is 5.75 Å². The molecule has 1 N–H and O–H groups in total. The van der Waals surface area contributed by atoms with Crippen LogP contribution in [0.5, 0.6) is 5.75 Å². The fourth-order valence-corrected chi connectivity index (χ4v) is 3.41. The second-order valence-corrected chi connectivity index (χ2v) is 5.96. The van der Waals surface area contributed by atoms with E-state index in [-0.39, 0.29) is 12.2 Å². The van der Waals surface area contributed by atoms with Gasteiger partial charge in [-0.25, -0.2) is 4.39 Å². The predicted molar refractivity (Wildman–Crippen MR) is 72.8 cm³/mol. The molecule has 0 spiro atoms. The molecule has 108 valence electrons. The monoisotopic (exact) mass is 278 g/mol. The standard InChI is InChI=1S/C16H19FO3/c1-20-13-8-12(16(6-7-16)9-14(18)19)15(17)11-5-3-2-4-10(11)13/h8H,2-7,9H2,1H3,(H,18,19). The molecular formula is C16H19FO3. The highest BCUT2D eigenvalue weighted by Crippen LogP contribution is 2.53. The fourth-order valence-electron chi connectivity index (χ4n) is 3.41. The number of carbonyl (C=O) groups is 1. The average Bonchev–Trinajstić information content (AvgIpc) is 3.19. The number of carboxylic acid groups (broad SMARTS) is 1. The summed E-state index contributed by atoms with van der Waals surface area (Å²) in [5.41, 5.74) is 1.78. The van der Waals surface area contributed by atoms with E-state index in [9.17, 15) is 9.18 Å². The number of hydrogen-bond acceptors (Lipinski definition) is 2. The lowest BCUT2D eigenvalue weighted by Gasteiger charge is -2.24. The van der Waals surface area contributed by atoms with Gasteiger partial charge >= 0.3 is 5.97 Å². The van der Waals surface area contributed by atoms with Gasteiger partial charge in [0.1, 0.15) is 11.6 Å². The zero-order valence-corrected chi connectivity index (χ0v) is 11.7. The molecule has 20 heavy (non-hydrogen) atoms. The van der Waals surface area contributed by atoms with E-state index < -0.39 is 11.4 Å². The van der Waals surface area contributed by atoms with E-state index >= 15 is 0 Å². The maximum absolute atomic E-state index is 14.8. The van der Waals surface area contributed by atoms with Crippen LogP contribution in [0, 0.1) is 5.82 Å². The SMILES string of the molecule is COc1cc(C2(CC(=O)O)CC2)c(F)c2c1CCCC2. The Bertz CT molecular complexity index is 561. The van der Waals surface area contributed by atoms with E-state index in [2.05, 4.69) is 0 Å². The number of ether oxygens (including phenoxy) is 1. The van der Waals surface area contributed by atoms with Gasteiger partial charge in [-0.05, 0) is 55.7 Å². The Balaban J connectivity index is 2.10. The maximum atomic E-state index is 14.8. The number of aliphatic carboxylic acids is 1. The van der Waals surface area contributed by atoms with Crippen molar-refractivity contribution >= 4 is 5.97 Å². The van der Waals surface area contributed by atoms with Crippen molar-refractivity contribution < 1.29 is 19.0 Å². The van der Waals surface area contributed by atoms with Gasteiger partial charge in [-0.15, -0.1) is 0 Å². The molecule has 0 saturated heterocycles. The molecule has 2 aliphatic carbocycles. The van der Waals surface area contributed by atoms with Crippen LogP contribution in [0.1, 0.15) is 48.8 Å². The third kappa shape index (κ3) is 2.07. The molecule has 0 aliphatic heterocycles. The van der Waals surface area contributed by atoms with Crippen LogP contribution in [0.4, 0.5) is 4.39 Å². The normalized spacial score (nSPS) is 19.3. The molecule has 3 rings (SSSR count). The van der Waals surface area contributed by atoms with Gasteiger partial charge in [-0.3, -0.25) is 4.79 Å². The van der Waals surface area contributed by atoms with E-state index in [1.54, 1.807) is 13.2 Å². The minimum atomic E-state index is -0.862. The van der Waals surface area contributed by atoms with Crippen molar-refractivity contribution in [3.05, 3.63) is 28.6 Å². The Kier molecular flexibility index (Phi) is 3.19. The quantitative estimate of drug-likeness (QED) is 0.919. The Labute approximate surface area is 117 Å². The molecule has 2 aliphatic rings. The Morgan fingerprint density at radius 3 is 2.55 bits per heavy atom. The number of rotatable bonds is 4. The first-order valence-corrected chi connectivity index (χ1v) is 7.18. The van der Waals surface area contributed by atoms with Gasteiger partial charge in [0.15, 0.2) is 0 Å². The molecule has 0 radical (unpaired) electrons. The first kappa shape index (κ1) is 13.4. The molecule has 0 heterocycles. The first-order valence-electron chi connectivity index (χ1n) is 7.18. The van der Waals surface area contributed by atoms with E-state index in [1.807, 2.05) is 0 Å². The molecule has 1 saturated carbocycles. The fraction of sp³-hybridized carbons (Fsp3) is 0.562. The zero-order chi connectivity index (χ0) is 14.3. The van der Waals surface area contributed by atoms with Crippen LogP contribution >= 0.6 is 0 Å². The van der Waals surface area contributed by atoms with Gasteiger partial charge < -0.3 is 9.84 Å². The summed E-state index contributed by atoms with van der Waals surface area (Å²) in [6.07, 6.45) is 5.13. The average molecular weight is 278 g/mol. The molecule has 1 aromatic carbocycles. The molecule has 1 aromatic rings. The van der Waals surface area contributed by atoms with Crippen molar-refractivity contribution in [2.45, 2.75) is 50.4 Å². The highest BCUT2D eigenvalue weighted by Gasteiger charge is 2.48. The van der Waals surface area contributed by atoms with Gasteiger partial charge in [0.2, 0.25) is 0 Å². The van der Waals surface area contributed by atoms with E-state index in [4.69, 9.17) is 9.84 Å². The van der Waals surface area contributed by atoms with Crippen molar-refractivity contribution in [3.63, 3.8) is 0 Å².